The lowest BCUT2D eigenvalue weighted by Crippen LogP contribution is -2.31. The molecule has 0 spiro atoms. The van der Waals surface area contributed by atoms with Crippen LogP contribution in [-0.2, 0) is 10.0 Å². The molecule has 9 nitrogen and oxygen atoms in total. The van der Waals surface area contributed by atoms with E-state index in [-0.39, 0.29) is 28.6 Å². The van der Waals surface area contributed by atoms with Crippen LogP contribution in [0.2, 0.25) is 0 Å². The third-order valence-corrected chi connectivity index (χ3v) is 7.56. The highest BCUT2D eigenvalue weighted by atomic mass is 32.2. The van der Waals surface area contributed by atoms with Gasteiger partial charge in [-0.25, -0.2) is 13.4 Å². The summed E-state index contributed by atoms with van der Waals surface area (Å²) in [6.07, 6.45) is 0. The standard InChI is InChI=1S/C22H25N5O4S/c1-4-26(5-2)32(29,30)14-10-11-19(31-3)17(12-14)27-13-18(28)20(21(27)23)22-24-15-8-6-7-9-16(15)25-22/h6-12,23,28H,4-5,13H2,1-3H3,(H,24,25). The summed E-state index contributed by atoms with van der Waals surface area (Å²) in [7, 11) is -2.23. The van der Waals surface area contributed by atoms with E-state index in [0.29, 0.717) is 30.4 Å². The molecule has 3 aromatic rings. The summed E-state index contributed by atoms with van der Waals surface area (Å²) in [5, 5.41) is 19.4. The van der Waals surface area contributed by atoms with Gasteiger partial charge in [-0.2, -0.15) is 4.31 Å². The van der Waals surface area contributed by atoms with E-state index in [1.165, 1.54) is 28.4 Å². The number of aromatic nitrogens is 2. The monoisotopic (exact) mass is 455 g/mol. The van der Waals surface area contributed by atoms with E-state index in [9.17, 15) is 13.5 Å². The number of aliphatic hydroxyl groups excluding tert-OH is 1. The number of nitrogens with zero attached hydrogens (tertiary/aromatic N) is 3. The van der Waals surface area contributed by atoms with E-state index in [1.54, 1.807) is 19.9 Å². The number of rotatable bonds is 7. The number of hydrogen-bond donors (Lipinski definition) is 3. The average molecular weight is 456 g/mol. The van der Waals surface area contributed by atoms with Crippen molar-refractivity contribution in [3.8, 4) is 5.75 Å². The second-order valence-electron chi connectivity index (χ2n) is 7.28. The van der Waals surface area contributed by atoms with Crippen LogP contribution in [0.1, 0.15) is 19.7 Å². The van der Waals surface area contributed by atoms with Gasteiger partial charge in [-0.15, -0.1) is 0 Å². The molecule has 0 aliphatic carbocycles. The Morgan fingerprint density at radius 1 is 1.22 bits per heavy atom. The third-order valence-electron chi connectivity index (χ3n) is 5.51. The molecule has 3 N–H and O–H groups in total. The SMILES string of the molecule is CCN(CC)S(=O)(=O)c1ccc(OC)c(N2CC(O)=C(c3nc4ccccc4[nH]3)C2=N)c1. The minimum absolute atomic E-state index is 0.00255. The van der Waals surface area contributed by atoms with E-state index in [4.69, 9.17) is 10.1 Å². The normalized spacial score (nSPS) is 14.8. The maximum absolute atomic E-state index is 13.0. The summed E-state index contributed by atoms with van der Waals surface area (Å²) in [6.45, 7) is 4.25. The highest BCUT2D eigenvalue weighted by Gasteiger charge is 2.34. The van der Waals surface area contributed by atoms with Crippen LogP contribution in [0.3, 0.4) is 0 Å². The van der Waals surface area contributed by atoms with Gasteiger partial charge in [0.05, 0.1) is 40.8 Å². The molecule has 0 saturated heterocycles. The lowest BCUT2D eigenvalue weighted by Gasteiger charge is -2.24. The number of benzene rings is 2. The molecule has 10 heteroatoms. The van der Waals surface area contributed by atoms with Crippen LogP contribution in [0.15, 0.2) is 53.1 Å². The molecular formula is C22H25N5O4S. The summed E-state index contributed by atoms with van der Waals surface area (Å²) < 4.78 is 32.9. The molecule has 168 valence electrons. The molecule has 0 radical (unpaired) electrons. The molecule has 4 rings (SSSR count). The number of sulfonamides is 1. The van der Waals surface area contributed by atoms with E-state index in [0.717, 1.165) is 11.0 Å². The molecule has 0 fully saturated rings. The minimum Gasteiger partial charge on any atom is -0.509 e. The van der Waals surface area contributed by atoms with Crippen molar-refractivity contribution in [2.75, 3.05) is 31.6 Å². The van der Waals surface area contributed by atoms with Crippen molar-refractivity contribution in [2.45, 2.75) is 18.7 Å². The van der Waals surface area contributed by atoms with Crippen molar-refractivity contribution in [3.05, 3.63) is 54.0 Å². The van der Waals surface area contributed by atoms with Crippen molar-refractivity contribution in [2.24, 2.45) is 0 Å². The van der Waals surface area contributed by atoms with Gasteiger partial charge >= 0.3 is 0 Å². The Kier molecular flexibility index (Phi) is 5.66. The summed E-state index contributed by atoms with van der Waals surface area (Å²) in [5.41, 5.74) is 2.15. The van der Waals surface area contributed by atoms with Gasteiger partial charge in [0, 0.05) is 13.1 Å². The number of methoxy groups -OCH3 is 1. The van der Waals surface area contributed by atoms with Crippen molar-refractivity contribution in [1.82, 2.24) is 14.3 Å². The molecule has 32 heavy (non-hydrogen) atoms. The number of hydrogen-bond acceptors (Lipinski definition) is 6. The smallest absolute Gasteiger partial charge is 0.243 e. The van der Waals surface area contributed by atoms with Gasteiger partial charge in [-0.3, -0.25) is 5.41 Å². The largest absolute Gasteiger partial charge is 0.509 e. The number of H-pyrrole nitrogens is 1. The first kappa shape index (κ1) is 21.8. The van der Waals surface area contributed by atoms with Crippen molar-refractivity contribution >= 4 is 38.2 Å². The molecule has 1 aliphatic heterocycles. The van der Waals surface area contributed by atoms with Crippen molar-refractivity contribution < 1.29 is 18.3 Å². The lowest BCUT2D eigenvalue weighted by atomic mass is 10.2. The van der Waals surface area contributed by atoms with Gasteiger partial charge in [-0.1, -0.05) is 26.0 Å². The van der Waals surface area contributed by atoms with E-state index in [1.807, 2.05) is 24.3 Å². The number of aliphatic hydroxyl groups is 1. The number of aromatic amines is 1. The quantitative estimate of drug-likeness (QED) is 0.502. The summed E-state index contributed by atoms with van der Waals surface area (Å²) in [6, 6.07) is 12.0. The van der Waals surface area contributed by atoms with Crippen LogP contribution in [0.5, 0.6) is 5.75 Å². The predicted molar refractivity (Wildman–Crippen MR) is 124 cm³/mol. The third kappa shape index (κ3) is 3.51. The Morgan fingerprint density at radius 2 is 1.94 bits per heavy atom. The molecule has 2 aromatic carbocycles. The first-order chi connectivity index (χ1) is 15.3. The number of imidazole rings is 1. The number of fused-ring (bicyclic) bond motifs is 1. The van der Waals surface area contributed by atoms with E-state index >= 15 is 0 Å². The molecule has 0 amide bonds. The van der Waals surface area contributed by atoms with Crippen LogP contribution >= 0.6 is 0 Å². The highest BCUT2D eigenvalue weighted by molar-refractivity contribution is 7.89. The molecule has 0 bridgehead atoms. The van der Waals surface area contributed by atoms with E-state index in [2.05, 4.69) is 9.97 Å². The number of ether oxygens (including phenoxy) is 1. The summed E-state index contributed by atoms with van der Waals surface area (Å²) in [4.78, 5) is 9.24. The topological polar surface area (TPSA) is 123 Å². The second kappa shape index (κ2) is 8.29. The fraction of sp³-hybridized carbons (Fsp3) is 0.273. The van der Waals surface area contributed by atoms with Gasteiger partial charge in [0.15, 0.2) is 0 Å². The molecule has 2 heterocycles. The summed E-state index contributed by atoms with van der Waals surface area (Å²) in [5.74, 6) is 0.736. The van der Waals surface area contributed by atoms with Crippen LogP contribution in [0.25, 0.3) is 16.6 Å². The van der Waals surface area contributed by atoms with Crippen LogP contribution in [0, 0.1) is 5.41 Å². The predicted octanol–water partition coefficient (Wildman–Crippen LogP) is 3.37. The fourth-order valence-corrected chi connectivity index (χ4v) is 5.34. The van der Waals surface area contributed by atoms with Gasteiger partial charge in [0.2, 0.25) is 10.0 Å². The second-order valence-corrected chi connectivity index (χ2v) is 9.22. The van der Waals surface area contributed by atoms with Crippen molar-refractivity contribution in [1.29, 1.82) is 5.41 Å². The number of nitrogens with one attached hydrogen (secondary N) is 2. The first-order valence-electron chi connectivity index (χ1n) is 10.2. The van der Waals surface area contributed by atoms with Gasteiger partial charge in [0.25, 0.3) is 0 Å². The molecule has 1 aromatic heterocycles. The Morgan fingerprint density at radius 3 is 2.59 bits per heavy atom. The zero-order chi connectivity index (χ0) is 23.0. The van der Waals surface area contributed by atoms with Crippen LogP contribution in [0.4, 0.5) is 5.69 Å². The van der Waals surface area contributed by atoms with Gasteiger partial charge in [0.1, 0.15) is 23.2 Å². The number of anilines is 1. The Balaban J connectivity index is 1.75. The number of para-hydroxylation sites is 2. The average Bonchev–Trinajstić information content (AvgIpc) is 3.33. The maximum Gasteiger partial charge on any atom is 0.243 e. The van der Waals surface area contributed by atoms with E-state index < -0.39 is 10.0 Å². The van der Waals surface area contributed by atoms with Gasteiger partial charge in [-0.05, 0) is 30.3 Å². The maximum atomic E-state index is 13.0. The molecule has 0 unspecified atom stereocenters. The molecule has 0 atom stereocenters. The van der Waals surface area contributed by atoms with Crippen LogP contribution < -0.4 is 9.64 Å². The molecule has 1 aliphatic rings. The lowest BCUT2D eigenvalue weighted by molar-refractivity contribution is 0.406. The highest BCUT2D eigenvalue weighted by Crippen LogP contribution is 2.37. The van der Waals surface area contributed by atoms with Crippen molar-refractivity contribution in [3.63, 3.8) is 0 Å². The minimum atomic E-state index is -3.71. The zero-order valence-corrected chi connectivity index (χ0v) is 18.9. The fourth-order valence-electron chi connectivity index (χ4n) is 3.86. The van der Waals surface area contributed by atoms with Crippen LogP contribution in [-0.4, -0.2) is 60.4 Å². The zero-order valence-electron chi connectivity index (χ0n) is 18.1. The summed E-state index contributed by atoms with van der Waals surface area (Å²) >= 11 is 0. The Bertz CT molecular complexity index is 1290. The Hall–Kier alpha value is -3.37. The molecule has 0 saturated carbocycles. The number of amidine groups is 1. The van der Waals surface area contributed by atoms with Gasteiger partial charge < -0.3 is 19.7 Å². The first-order valence-corrected chi connectivity index (χ1v) is 11.7. The Labute approximate surface area is 186 Å². The molecular weight excluding hydrogens is 430 g/mol.